The third kappa shape index (κ3) is 5.00. The summed E-state index contributed by atoms with van der Waals surface area (Å²) in [5.41, 5.74) is 1.90. The van der Waals surface area contributed by atoms with Crippen molar-refractivity contribution in [3.05, 3.63) is 131 Å². The highest BCUT2D eigenvalue weighted by Gasteiger charge is 2.42. The van der Waals surface area contributed by atoms with Gasteiger partial charge in [-0.3, -0.25) is 0 Å². The van der Waals surface area contributed by atoms with Gasteiger partial charge in [0.15, 0.2) is 0 Å². The van der Waals surface area contributed by atoms with Crippen LogP contribution in [0.3, 0.4) is 0 Å². The minimum Gasteiger partial charge on any atom is -0.497 e. The first kappa shape index (κ1) is 26.5. The van der Waals surface area contributed by atoms with Crippen LogP contribution < -0.4 is 9.47 Å². The van der Waals surface area contributed by atoms with Gasteiger partial charge in [0.25, 0.3) is 0 Å². The van der Waals surface area contributed by atoms with Gasteiger partial charge in [0.05, 0.1) is 33.0 Å². The summed E-state index contributed by atoms with van der Waals surface area (Å²) in [6, 6.07) is 36.5. The Labute approximate surface area is 238 Å². The summed E-state index contributed by atoms with van der Waals surface area (Å²) in [5.74, 6) is 1.53. The van der Waals surface area contributed by atoms with Gasteiger partial charge in [0.2, 0.25) is 0 Å². The largest absolute Gasteiger partial charge is 0.497 e. The van der Waals surface area contributed by atoms with Crippen molar-refractivity contribution in [1.29, 1.82) is 0 Å². The molecule has 204 valence electrons. The van der Waals surface area contributed by atoms with Crippen molar-refractivity contribution < 1.29 is 24.1 Å². The zero-order valence-electron chi connectivity index (χ0n) is 22.5. The molecule has 1 aromatic heterocycles. The maximum Gasteiger partial charge on any atom is 0.143 e. The lowest BCUT2D eigenvalue weighted by Crippen LogP contribution is -2.38. The van der Waals surface area contributed by atoms with Gasteiger partial charge in [-0.15, -0.1) is 11.3 Å². The van der Waals surface area contributed by atoms with Crippen molar-refractivity contribution in [2.75, 3.05) is 20.8 Å². The molecule has 1 saturated heterocycles. The Bertz CT molecular complexity index is 1460. The number of ether oxygens (including phenoxy) is 4. The lowest BCUT2D eigenvalue weighted by Gasteiger charge is -2.37. The Kier molecular flexibility index (Phi) is 7.59. The Morgan fingerprint density at radius 1 is 0.775 bits per heavy atom. The minimum atomic E-state index is -0.960. The van der Waals surface area contributed by atoms with Crippen LogP contribution in [-0.2, 0) is 15.1 Å². The summed E-state index contributed by atoms with van der Waals surface area (Å²) in [4.78, 5) is 1.13. The third-order valence-electron chi connectivity index (χ3n) is 7.62. The van der Waals surface area contributed by atoms with Crippen molar-refractivity contribution in [3.63, 3.8) is 0 Å². The van der Waals surface area contributed by atoms with Crippen molar-refractivity contribution >= 4 is 21.4 Å². The average Bonchev–Trinajstić information content (AvgIpc) is 3.62. The molecular formula is C34H32O5S. The van der Waals surface area contributed by atoms with Crippen LogP contribution in [0.15, 0.2) is 109 Å². The molecule has 0 aliphatic carbocycles. The minimum absolute atomic E-state index is 0.172. The summed E-state index contributed by atoms with van der Waals surface area (Å²) < 4.78 is 25.5. The number of thiophene rings is 1. The van der Waals surface area contributed by atoms with Crippen molar-refractivity contribution in [3.8, 4) is 11.5 Å². The lowest BCUT2D eigenvalue weighted by molar-refractivity contribution is -0.0823. The number of benzene rings is 4. The Morgan fingerprint density at radius 2 is 1.35 bits per heavy atom. The molecule has 40 heavy (non-hydrogen) atoms. The summed E-state index contributed by atoms with van der Waals surface area (Å²) in [6.07, 6.45) is -0.760. The average molecular weight is 553 g/mol. The molecule has 1 N–H and O–H groups in total. The normalized spacial score (nSPS) is 19.1. The van der Waals surface area contributed by atoms with E-state index < -0.39 is 17.8 Å². The van der Waals surface area contributed by atoms with E-state index in [0.29, 0.717) is 6.42 Å². The molecule has 2 heterocycles. The molecule has 0 radical (unpaired) electrons. The van der Waals surface area contributed by atoms with E-state index in [4.69, 9.17) is 18.9 Å². The molecule has 5 nitrogen and oxygen atoms in total. The first-order valence-electron chi connectivity index (χ1n) is 13.4. The summed E-state index contributed by atoms with van der Waals surface area (Å²) in [7, 11) is 3.32. The van der Waals surface area contributed by atoms with Gasteiger partial charge in [0.1, 0.15) is 23.2 Å². The fourth-order valence-corrected chi connectivity index (χ4v) is 6.62. The van der Waals surface area contributed by atoms with E-state index >= 15 is 0 Å². The highest BCUT2D eigenvalue weighted by atomic mass is 32.1. The quantitative estimate of drug-likeness (QED) is 0.197. The van der Waals surface area contributed by atoms with Gasteiger partial charge in [-0.05, 0) is 58.5 Å². The Balaban J connectivity index is 1.36. The predicted octanol–water partition coefficient (Wildman–Crippen LogP) is 7.12. The van der Waals surface area contributed by atoms with Crippen molar-refractivity contribution in [2.45, 2.75) is 30.3 Å². The van der Waals surface area contributed by atoms with Crippen LogP contribution in [0.25, 0.3) is 10.1 Å². The lowest BCUT2D eigenvalue weighted by atomic mass is 9.80. The molecule has 1 aliphatic rings. The summed E-state index contributed by atoms with van der Waals surface area (Å²) >= 11 is 1.72. The van der Waals surface area contributed by atoms with E-state index in [-0.39, 0.29) is 12.7 Å². The van der Waals surface area contributed by atoms with Gasteiger partial charge < -0.3 is 24.1 Å². The van der Waals surface area contributed by atoms with Crippen LogP contribution in [0, 0.1) is 0 Å². The maximum absolute atomic E-state index is 11.1. The van der Waals surface area contributed by atoms with Crippen molar-refractivity contribution in [1.82, 2.24) is 0 Å². The van der Waals surface area contributed by atoms with Gasteiger partial charge in [0, 0.05) is 16.0 Å². The maximum atomic E-state index is 11.1. The number of rotatable bonds is 9. The molecule has 5 aromatic rings. The summed E-state index contributed by atoms with van der Waals surface area (Å²) in [6.45, 7) is 0.204. The van der Waals surface area contributed by atoms with E-state index in [1.54, 1.807) is 25.6 Å². The van der Waals surface area contributed by atoms with E-state index in [1.165, 1.54) is 10.1 Å². The second-order valence-corrected chi connectivity index (χ2v) is 11.1. The SMILES string of the molecule is COc1ccc(C(OC[C@H]2O[C@@H](c3cc4ccccc4s3)C[C@@H]2O)(c2ccccc2)c2ccc(OC)cc2)cc1. The molecular weight excluding hydrogens is 520 g/mol. The standard InChI is InChI=1S/C34H32O5S/c1-36-27-16-12-25(13-17-27)34(24-9-4-3-5-10-24,26-14-18-28(37-2)19-15-26)38-22-31-29(35)21-30(39-31)33-20-23-8-6-7-11-32(23)40-33/h3-20,29-31,35H,21-22H2,1-2H3/t29-,30+,31+/m0/s1. The predicted molar refractivity (Wildman–Crippen MR) is 158 cm³/mol. The van der Waals surface area contributed by atoms with Crippen LogP contribution >= 0.6 is 11.3 Å². The first-order valence-corrected chi connectivity index (χ1v) is 14.2. The first-order chi connectivity index (χ1) is 19.6. The van der Waals surface area contributed by atoms with E-state index in [9.17, 15) is 5.11 Å². The third-order valence-corrected chi connectivity index (χ3v) is 8.83. The van der Waals surface area contributed by atoms with Gasteiger partial charge in [-0.25, -0.2) is 0 Å². The van der Waals surface area contributed by atoms with Crippen LogP contribution in [0.1, 0.15) is 34.1 Å². The number of aliphatic hydroxyl groups excluding tert-OH is 1. The highest BCUT2D eigenvalue weighted by Crippen LogP contribution is 2.44. The molecule has 6 heteroatoms. The molecule has 0 amide bonds. The molecule has 6 rings (SSSR count). The van der Waals surface area contributed by atoms with E-state index in [1.807, 2.05) is 78.9 Å². The van der Waals surface area contributed by atoms with Crippen LogP contribution in [-0.4, -0.2) is 38.1 Å². The Morgan fingerprint density at radius 3 is 1.95 bits per heavy atom. The van der Waals surface area contributed by atoms with E-state index in [0.717, 1.165) is 33.1 Å². The zero-order valence-corrected chi connectivity index (χ0v) is 23.3. The number of fused-ring (bicyclic) bond motifs is 1. The van der Waals surface area contributed by atoms with E-state index in [2.05, 4.69) is 30.3 Å². The van der Waals surface area contributed by atoms with Crippen LogP contribution in [0.5, 0.6) is 11.5 Å². The second kappa shape index (κ2) is 11.4. The molecule has 0 spiro atoms. The highest BCUT2D eigenvalue weighted by molar-refractivity contribution is 7.19. The molecule has 4 aromatic carbocycles. The molecule has 0 unspecified atom stereocenters. The Hall–Kier alpha value is -3.68. The van der Waals surface area contributed by atoms with Gasteiger partial charge in [-0.2, -0.15) is 0 Å². The fraction of sp³-hybridized carbons (Fsp3) is 0.235. The molecule has 0 bridgehead atoms. The molecule has 3 atom stereocenters. The van der Waals surface area contributed by atoms with Gasteiger partial charge >= 0.3 is 0 Å². The monoisotopic (exact) mass is 552 g/mol. The zero-order chi connectivity index (χ0) is 27.5. The van der Waals surface area contributed by atoms with Gasteiger partial charge in [-0.1, -0.05) is 72.8 Å². The smallest absolute Gasteiger partial charge is 0.143 e. The van der Waals surface area contributed by atoms with Crippen LogP contribution in [0.2, 0.25) is 0 Å². The molecule has 0 saturated carbocycles. The number of methoxy groups -OCH3 is 2. The summed E-state index contributed by atoms with van der Waals surface area (Å²) in [5, 5.41) is 12.3. The molecule has 1 aliphatic heterocycles. The van der Waals surface area contributed by atoms with Crippen LogP contribution in [0.4, 0.5) is 0 Å². The number of hydrogen-bond donors (Lipinski definition) is 1. The number of hydrogen-bond acceptors (Lipinski definition) is 6. The number of aliphatic hydroxyl groups is 1. The second-order valence-electron chi connectivity index (χ2n) is 9.97. The van der Waals surface area contributed by atoms with Crippen molar-refractivity contribution in [2.24, 2.45) is 0 Å². The fourth-order valence-electron chi connectivity index (χ4n) is 5.50. The molecule has 1 fully saturated rings. The topological polar surface area (TPSA) is 57.2 Å².